The fourth-order valence-electron chi connectivity index (χ4n) is 1.62. The lowest BCUT2D eigenvalue weighted by Crippen LogP contribution is -2.40. The topological polar surface area (TPSA) is 54.0 Å². The van der Waals surface area contributed by atoms with E-state index in [-0.39, 0.29) is 6.10 Å². The van der Waals surface area contributed by atoms with Crippen LogP contribution in [0.2, 0.25) is 0 Å². The van der Waals surface area contributed by atoms with Gasteiger partial charge in [-0.25, -0.2) is 0 Å². The van der Waals surface area contributed by atoms with Gasteiger partial charge in [0.25, 0.3) is 0 Å². The molecule has 104 valence electrons. The summed E-state index contributed by atoms with van der Waals surface area (Å²) in [6, 6.07) is 0. The number of rotatable bonds is 12. The molecule has 0 bridgehead atoms. The van der Waals surface area contributed by atoms with Crippen molar-refractivity contribution in [3.05, 3.63) is 0 Å². The first-order valence-corrected chi connectivity index (χ1v) is 6.33. The Balaban J connectivity index is 3.81. The largest absolute Gasteiger partial charge is 0.390 e. The third-order valence-electron chi connectivity index (χ3n) is 2.53. The molecule has 0 radical (unpaired) electrons. The molecular weight excluding hydrogens is 220 g/mol. The number of hydrogen-bond donors (Lipinski definition) is 2. The molecule has 1 unspecified atom stereocenters. The fraction of sp³-hybridized carbons (Fsp3) is 1.00. The van der Waals surface area contributed by atoms with E-state index in [1.165, 1.54) is 0 Å². The van der Waals surface area contributed by atoms with Crippen molar-refractivity contribution in [3.8, 4) is 0 Å². The minimum absolute atomic E-state index is 0.325. The SMILES string of the molecule is CCNCC(O)CN(CCCOC)CCOC. The van der Waals surface area contributed by atoms with Crippen LogP contribution in [0.25, 0.3) is 0 Å². The monoisotopic (exact) mass is 248 g/mol. The van der Waals surface area contributed by atoms with Crippen molar-refractivity contribution in [1.29, 1.82) is 0 Å². The quantitative estimate of drug-likeness (QED) is 0.474. The van der Waals surface area contributed by atoms with Crippen molar-refractivity contribution in [2.45, 2.75) is 19.4 Å². The highest BCUT2D eigenvalue weighted by atomic mass is 16.5. The second kappa shape index (κ2) is 12.3. The number of aliphatic hydroxyl groups excluding tert-OH is 1. The van der Waals surface area contributed by atoms with Gasteiger partial charge in [0.2, 0.25) is 0 Å². The Bertz CT molecular complexity index is 159. The van der Waals surface area contributed by atoms with Crippen molar-refractivity contribution in [2.75, 3.05) is 60.2 Å². The Morgan fingerprint density at radius 1 is 1.18 bits per heavy atom. The molecule has 5 nitrogen and oxygen atoms in total. The lowest BCUT2D eigenvalue weighted by atomic mass is 10.3. The van der Waals surface area contributed by atoms with Crippen LogP contribution in [0.3, 0.4) is 0 Å². The predicted octanol–water partition coefficient (Wildman–Crippen LogP) is -0.0583. The first-order chi connectivity index (χ1) is 8.24. The summed E-state index contributed by atoms with van der Waals surface area (Å²) in [6.07, 6.45) is 0.656. The minimum Gasteiger partial charge on any atom is -0.390 e. The number of likely N-dealkylation sites (N-methyl/N-ethyl adjacent to an activating group) is 1. The van der Waals surface area contributed by atoms with Gasteiger partial charge in [-0.05, 0) is 13.0 Å². The van der Waals surface area contributed by atoms with E-state index in [1.807, 2.05) is 6.92 Å². The molecule has 0 saturated carbocycles. The van der Waals surface area contributed by atoms with E-state index in [9.17, 15) is 5.11 Å². The third kappa shape index (κ3) is 10.7. The number of methoxy groups -OCH3 is 2. The molecule has 0 aromatic carbocycles. The zero-order valence-corrected chi connectivity index (χ0v) is 11.4. The van der Waals surface area contributed by atoms with E-state index in [1.54, 1.807) is 14.2 Å². The highest BCUT2D eigenvalue weighted by Gasteiger charge is 2.10. The molecule has 2 N–H and O–H groups in total. The zero-order chi connectivity index (χ0) is 12.9. The van der Waals surface area contributed by atoms with Crippen LogP contribution in [-0.2, 0) is 9.47 Å². The first kappa shape index (κ1) is 16.8. The summed E-state index contributed by atoms with van der Waals surface area (Å²) in [5.41, 5.74) is 0. The van der Waals surface area contributed by atoms with E-state index in [2.05, 4.69) is 10.2 Å². The summed E-state index contributed by atoms with van der Waals surface area (Å²) < 4.78 is 10.1. The van der Waals surface area contributed by atoms with E-state index in [0.717, 1.165) is 32.7 Å². The van der Waals surface area contributed by atoms with Crippen molar-refractivity contribution >= 4 is 0 Å². The van der Waals surface area contributed by atoms with Gasteiger partial charge >= 0.3 is 0 Å². The molecule has 0 aliphatic heterocycles. The number of ether oxygens (including phenoxy) is 2. The van der Waals surface area contributed by atoms with Crippen LogP contribution in [0.15, 0.2) is 0 Å². The summed E-state index contributed by atoms with van der Waals surface area (Å²) in [4.78, 5) is 2.21. The molecule has 0 aliphatic rings. The predicted molar refractivity (Wildman–Crippen MR) is 69.4 cm³/mol. The van der Waals surface area contributed by atoms with Crippen molar-refractivity contribution in [3.63, 3.8) is 0 Å². The van der Waals surface area contributed by atoms with Gasteiger partial charge in [-0.3, -0.25) is 4.90 Å². The van der Waals surface area contributed by atoms with Crippen LogP contribution in [0, 0.1) is 0 Å². The van der Waals surface area contributed by atoms with Crippen LogP contribution in [0.1, 0.15) is 13.3 Å². The van der Waals surface area contributed by atoms with Crippen molar-refractivity contribution in [1.82, 2.24) is 10.2 Å². The van der Waals surface area contributed by atoms with Gasteiger partial charge < -0.3 is 19.9 Å². The number of nitrogens with one attached hydrogen (secondary N) is 1. The van der Waals surface area contributed by atoms with Crippen LogP contribution in [0.5, 0.6) is 0 Å². The smallest absolute Gasteiger partial charge is 0.0791 e. The standard InChI is InChI=1S/C12H28N2O3/c1-4-13-10-12(15)11-14(7-9-17-3)6-5-8-16-2/h12-13,15H,4-11H2,1-3H3. The highest BCUT2D eigenvalue weighted by Crippen LogP contribution is 1.96. The molecule has 0 rings (SSSR count). The Morgan fingerprint density at radius 3 is 2.47 bits per heavy atom. The van der Waals surface area contributed by atoms with Gasteiger partial charge in [0.1, 0.15) is 0 Å². The molecule has 17 heavy (non-hydrogen) atoms. The van der Waals surface area contributed by atoms with E-state index in [4.69, 9.17) is 9.47 Å². The summed E-state index contributed by atoms with van der Waals surface area (Å²) in [6.45, 7) is 7.48. The molecule has 0 aliphatic carbocycles. The average molecular weight is 248 g/mol. The van der Waals surface area contributed by atoms with E-state index in [0.29, 0.717) is 19.7 Å². The zero-order valence-electron chi connectivity index (χ0n) is 11.4. The van der Waals surface area contributed by atoms with Crippen LogP contribution in [0.4, 0.5) is 0 Å². The van der Waals surface area contributed by atoms with Gasteiger partial charge in [-0.1, -0.05) is 6.92 Å². The molecule has 0 spiro atoms. The maximum atomic E-state index is 9.83. The first-order valence-electron chi connectivity index (χ1n) is 6.33. The molecule has 0 heterocycles. The van der Waals surface area contributed by atoms with Gasteiger partial charge in [0.15, 0.2) is 0 Å². The summed E-state index contributed by atoms with van der Waals surface area (Å²) in [5, 5.41) is 13.0. The Kier molecular flexibility index (Phi) is 12.1. The fourth-order valence-corrected chi connectivity index (χ4v) is 1.62. The molecule has 1 atom stereocenters. The summed E-state index contributed by atoms with van der Waals surface area (Å²) in [5.74, 6) is 0. The lowest BCUT2D eigenvalue weighted by Gasteiger charge is -2.24. The minimum atomic E-state index is -0.325. The lowest BCUT2D eigenvalue weighted by molar-refractivity contribution is 0.0818. The normalized spacial score (nSPS) is 13.2. The third-order valence-corrected chi connectivity index (χ3v) is 2.53. The summed E-state index contributed by atoms with van der Waals surface area (Å²) in [7, 11) is 3.40. The van der Waals surface area contributed by atoms with Crippen molar-refractivity contribution in [2.24, 2.45) is 0 Å². The molecule has 0 fully saturated rings. The van der Waals surface area contributed by atoms with E-state index < -0.39 is 0 Å². The van der Waals surface area contributed by atoms with Gasteiger partial charge in [-0.15, -0.1) is 0 Å². The van der Waals surface area contributed by atoms with Gasteiger partial charge in [-0.2, -0.15) is 0 Å². The van der Waals surface area contributed by atoms with Crippen LogP contribution in [-0.4, -0.2) is 76.3 Å². The number of hydrogen-bond acceptors (Lipinski definition) is 5. The molecule has 5 heteroatoms. The van der Waals surface area contributed by atoms with Crippen LogP contribution >= 0.6 is 0 Å². The maximum absolute atomic E-state index is 9.83. The molecule has 0 aromatic heterocycles. The highest BCUT2D eigenvalue weighted by molar-refractivity contribution is 4.66. The van der Waals surface area contributed by atoms with E-state index >= 15 is 0 Å². The Hall–Kier alpha value is -0.200. The second-order valence-electron chi connectivity index (χ2n) is 4.10. The second-order valence-corrected chi connectivity index (χ2v) is 4.10. The van der Waals surface area contributed by atoms with Gasteiger partial charge in [0, 0.05) is 47.0 Å². The number of nitrogens with zero attached hydrogens (tertiary/aromatic N) is 1. The maximum Gasteiger partial charge on any atom is 0.0791 e. The van der Waals surface area contributed by atoms with Crippen molar-refractivity contribution < 1.29 is 14.6 Å². The molecule has 0 saturated heterocycles. The average Bonchev–Trinajstić information content (AvgIpc) is 2.33. The Morgan fingerprint density at radius 2 is 1.88 bits per heavy atom. The number of aliphatic hydroxyl groups is 1. The van der Waals surface area contributed by atoms with Gasteiger partial charge in [0.05, 0.1) is 12.7 Å². The van der Waals surface area contributed by atoms with Crippen LogP contribution < -0.4 is 5.32 Å². The Labute approximate surface area is 105 Å². The summed E-state index contributed by atoms with van der Waals surface area (Å²) >= 11 is 0. The molecule has 0 aromatic rings. The molecule has 0 amide bonds. The molecular formula is C12H28N2O3.